The smallest absolute Gasteiger partial charge is 0.349 e. The Kier molecular flexibility index (Phi) is 6.20. The molecule has 0 amide bonds. The largest absolute Gasteiger partial charge is 0.506 e. The van der Waals surface area contributed by atoms with E-state index in [9.17, 15) is 9.90 Å². The minimum atomic E-state index is -0.617. The van der Waals surface area contributed by atoms with Crippen LogP contribution in [0, 0.1) is 13.8 Å². The van der Waals surface area contributed by atoms with Gasteiger partial charge in [0.05, 0.1) is 39.9 Å². The van der Waals surface area contributed by atoms with Crippen LogP contribution in [0.25, 0.3) is 27.9 Å². The number of rotatable bonds is 4. The van der Waals surface area contributed by atoms with Gasteiger partial charge in [-0.3, -0.25) is 4.99 Å². The van der Waals surface area contributed by atoms with Gasteiger partial charge in [0, 0.05) is 23.7 Å². The molecule has 206 valence electrons. The van der Waals surface area contributed by atoms with Crippen molar-refractivity contribution in [1.29, 1.82) is 0 Å². The molecule has 0 aliphatic carbocycles. The fourth-order valence-electron chi connectivity index (χ4n) is 5.67. The predicted molar refractivity (Wildman–Crippen MR) is 166 cm³/mol. The van der Waals surface area contributed by atoms with Crippen molar-refractivity contribution < 1.29 is 9.52 Å². The zero-order valence-electron chi connectivity index (χ0n) is 23.2. The molecule has 2 N–H and O–H groups in total. The highest BCUT2D eigenvalue weighted by Crippen LogP contribution is 2.40. The summed E-state index contributed by atoms with van der Waals surface area (Å²) in [5.74, 6) is -0.109. The van der Waals surface area contributed by atoms with Gasteiger partial charge < -0.3 is 14.8 Å². The number of para-hydroxylation sites is 3. The van der Waals surface area contributed by atoms with Crippen LogP contribution >= 0.6 is 0 Å². The number of fused-ring (bicyclic) bond motifs is 2. The van der Waals surface area contributed by atoms with Gasteiger partial charge in [-0.2, -0.15) is 5.10 Å². The third-order valence-corrected chi connectivity index (χ3v) is 7.80. The molecule has 7 heteroatoms. The van der Waals surface area contributed by atoms with E-state index in [2.05, 4.69) is 5.32 Å². The lowest BCUT2D eigenvalue weighted by atomic mass is 9.94. The molecule has 42 heavy (non-hydrogen) atoms. The van der Waals surface area contributed by atoms with Gasteiger partial charge in [-0.05, 0) is 49.2 Å². The molecule has 4 aromatic carbocycles. The molecule has 0 fully saturated rings. The Morgan fingerprint density at radius 2 is 1.57 bits per heavy atom. The third-order valence-electron chi connectivity index (χ3n) is 7.80. The molecule has 1 atom stereocenters. The molecule has 0 bridgehead atoms. The Morgan fingerprint density at radius 3 is 2.36 bits per heavy atom. The number of aromatic hydroxyl groups is 1. The molecule has 1 aliphatic rings. The molecular weight excluding hydrogens is 524 g/mol. The summed E-state index contributed by atoms with van der Waals surface area (Å²) in [7, 11) is 0. The summed E-state index contributed by atoms with van der Waals surface area (Å²) in [6.07, 6.45) is 2.33. The molecule has 0 radical (unpaired) electrons. The van der Waals surface area contributed by atoms with Gasteiger partial charge in [0.2, 0.25) is 0 Å². The summed E-state index contributed by atoms with van der Waals surface area (Å²) in [6, 6.07) is 31.2. The summed E-state index contributed by atoms with van der Waals surface area (Å²) in [5.41, 5.74) is 7.04. The van der Waals surface area contributed by atoms with Crippen LogP contribution in [0.4, 0.5) is 11.4 Å². The maximum Gasteiger partial charge on any atom is 0.349 e. The average molecular weight is 553 g/mol. The van der Waals surface area contributed by atoms with E-state index < -0.39 is 5.63 Å². The van der Waals surface area contributed by atoms with Crippen molar-refractivity contribution in [3.8, 4) is 22.7 Å². The highest BCUT2D eigenvalue weighted by atomic mass is 16.4. The first-order valence-corrected chi connectivity index (χ1v) is 13.9. The molecule has 7 rings (SSSR count). The summed E-state index contributed by atoms with van der Waals surface area (Å²) < 4.78 is 7.71. The summed E-state index contributed by atoms with van der Waals surface area (Å²) >= 11 is 0. The number of aliphatic imine (C=N–C) groups is 1. The molecule has 0 saturated carbocycles. The van der Waals surface area contributed by atoms with Crippen molar-refractivity contribution in [3.63, 3.8) is 0 Å². The predicted octanol–water partition coefficient (Wildman–Crippen LogP) is 7.65. The molecule has 6 aromatic rings. The topological polar surface area (TPSA) is 92.7 Å². The fraction of sp³-hybridized carbons (Fsp3) is 0.114. The molecule has 0 spiro atoms. The lowest BCUT2D eigenvalue weighted by Crippen LogP contribution is -2.20. The molecule has 3 heterocycles. The quantitative estimate of drug-likeness (QED) is 0.219. The van der Waals surface area contributed by atoms with Crippen molar-refractivity contribution >= 4 is 28.1 Å². The van der Waals surface area contributed by atoms with E-state index in [1.54, 1.807) is 0 Å². The van der Waals surface area contributed by atoms with Crippen molar-refractivity contribution in [2.24, 2.45) is 4.99 Å². The van der Waals surface area contributed by atoms with Gasteiger partial charge in [-0.25, -0.2) is 9.48 Å². The summed E-state index contributed by atoms with van der Waals surface area (Å²) in [5, 5.41) is 20.8. The lowest BCUT2D eigenvalue weighted by molar-refractivity contribution is 0.465. The molecule has 0 saturated heterocycles. The van der Waals surface area contributed by atoms with E-state index in [1.165, 1.54) is 0 Å². The van der Waals surface area contributed by atoms with E-state index in [1.807, 2.05) is 122 Å². The molecule has 1 unspecified atom stereocenters. The zero-order chi connectivity index (χ0) is 28.8. The molecule has 2 aromatic heterocycles. The second-order valence-electron chi connectivity index (χ2n) is 10.6. The van der Waals surface area contributed by atoms with Crippen LogP contribution in [-0.2, 0) is 0 Å². The van der Waals surface area contributed by atoms with Crippen LogP contribution in [0.1, 0.15) is 34.7 Å². The van der Waals surface area contributed by atoms with E-state index in [4.69, 9.17) is 14.5 Å². The van der Waals surface area contributed by atoms with Crippen molar-refractivity contribution in [3.05, 3.63) is 136 Å². The number of aromatic nitrogens is 2. The van der Waals surface area contributed by atoms with Crippen molar-refractivity contribution in [2.45, 2.75) is 26.3 Å². The Labute approximate surface area is 242 Å². The number of hydrogen-bond donors (Lipinski definition) is 2. The van der Waals surface area contributed by atoms with E-state index in [0.717, 1.165) is 39.3 Å². The average Bonchev–Trinajstić information content (AvgIpc) is 3.37. The van der Waals surface area contributed by atoms with E-state index in [0.29, 0.717) is 28.8 Å². The number of anilines is 1. The monoisotopic (exact) mass is 552 g/mol. The normalized spacial score (nSPS) is 14.6. The van der Waals surface area contributed by atoms with Crippen LogP contribution in [0.3, 0.4) is 0 Å². The Bertz CT molecular complexity index is 2040. The van der Waals surface area contributed by atoms with Crippen molar-refractivity contribution in [1.82, 2.24) is 9.78 Å². The Hall–Kier alpha value is -5.43. The van der Waals surface area contributed by atoms with Crippen LogP contribution in [0.2, 0.25) is 0 Å². The standard InChI is InChI=1S/C35H28N4O3/c1-21-17-18-22(2)34-30(21)33(40)31(35(41)42-34)29-19-28(36-26-15-9-10-16-27(26)37-29)25-20-39(24-13-7-4-8-14-24)38-32(25)23-11-5-3-6-12-23/h3-18,20,28,36,40H,19H2,1-2H3. The maximum atomic E-state index is 13.5. The number of benzene rings is 4. The van der Waals surface area contributed by atoms with E-state index in [-0.39, 0.29) is 17.4 Å². The van der Waals surface area contributed by atoms with Gasteiger partial charge >= 0.3 is 5.63 Å². The molecular formula is C35H28N4O3. The van der Waals surface area contributed by atoms with Crippen LogP contribution in [-0.4, -0.2) is 20.6 Å². The second-order valence-corrected chi connectivity index (χ2v) is 10.6. The van der Waals surface area contributed by atoms with Crippen LogP contribution < -0.4 is 10.9 Å². The Morgan fingerprint density at radius 1 is 0.881 bits per heavy atom. The van der Waals surface area contributed by atoms with Gasteiger partial charge in [0.25, 0.3) is 0 Å². The first-order valence-electron chi connectivity index (χ1n) is 13.9. The third kappa shape index (κ3) is 4.36. The van der Waals surface area contributed by atoms with E-state index >= 15 is 0 Å². The molecule has 1 aliphatic heterocycles. The highest BCUT2D eigenvalue weighted by molar-refractivity contribution is 6.09. The summed E-state index contributed by atoms with van der Waals surface area (Å²) in [4.78, 5) is 18.5. The second kappa shape index (κ2) is 10.2. The lowest BCUT2D eigenvalue weighted by Gasteiger charge is -2.19. The number of nitrogens with one attached hydrogen (secondary N) is 1. The highest BCUT2D eigenvalue weighted by Gasteiger charge is 2.30. The van der Waals surface area contributed by atoms with Gasteiger partial charge in [0.1, 0.15) is 16.9 Å². The summed E-state index contributed by atoms with van der Waals surface area (Å²) in [6.45, 7) is 3.75. The van der Waals surface area contributed by atoms with Gasteiger partial charge in [-0.15, -0.1) is 0 Å². The maximum absolute atomic E-state index is 13.5. The fourth-order valence-corrected chi connectivity index (χ4v) is 5.67. The number of nitrogens with zero attached hydrogens (tertiary/aromatic N) is 3. The van der Waals surface area contributed by atoms with Gasteiger partial charge in [-0.1, -0.05) is 72.8 Å². The first kappa shape index (κ1) is 25.5. The van der Waals surface area contributed by atoms with Gasteiger partial charge in [0.15, 0.2) is 0 Å². The minimum absolute atomic E-state index is 0.0800. The number of hydrogen-bond acceptors (Lipinski definition) is 6. The van der Waals surface area contributed by atoms with Crippen molar-refractivity contribution in [2.75, 3.05) is 5.32 Å². The minimum Gasteiger partial charge on any atom is -0.506 e. The molecule has 7 nitrogen and oxygen atoms in total. The Balaban J connectivity index is 1.44. The number of aryl methyl sites for hydroxylation is 2. The van der Waals surface area contributed by atoms with Crippen LogP contribution in [0.5, 0.6) is 5.75 Å². The SMILES string of the molecule is Cc1ccc(C)c2c(O)c(C3=Nc4ccccc4NC(c4cn(-c5ccccc5)nc4-c4ccccc4)C3)c(=O)oc12. The van der Waals surface area contributed by atoms with Crippen LogP contribution in [0.15, 0.2) is 117 Å². The first-order chi connectivity index (χ1) is 20.5. The zero-order valence-corrected chi connectivity index (χ0v) is 23.2.